The molecule has 22 heavy (non-hydrogen) atoms. The zero-order valence-electron chi connectivity index (χ0n) is 12.6. The van der Waals surface area contributed by atoms with Gasteiger partial charge < -0.3 is 18.8 Å². The number of H-pyrrole nitrogens is 1. The first-order chi connectivity index (χ1) is 10.3. The van der Waals surface area contributed by atoms with Gasteiger partial charge in [-0.1, -0.05) is 0 Å². The Morgan fingerprint density at radius 2 is 1.91 bits per heavy atom. The molecule has 0 bridgehead atoms. The van der Waals surface area contributed by atoms with E-state index >= 15 is 0 Å². The lowest BCUT2D eigenvalue weighted by Gasteiger charge is -2.16. The molecule has 0 radical (unpaired) electrons. The van der Waals surface area contributed by atoms with E-state index in [-0.39, 0.29) is 25.4 Å². The van der Waals surface area contributed by atoms with Gasteiger partial charge in [0, 0.05) is 27.1 Å². The van der Waals surface area contributed by atoms with Crippen LogP contribution in [0.4, 0.5) is 0 Å². The summed E-state index contributed by atoms with van der Waals surface area (Å²) in [6, 6.07) is 0. The third-order valence-electron chi connectivity index (χ3n) is 2.55. The fourth-order valence-electron chi connectivity index (χ4n) is 1.58. The van der Waals surface area contributed by atoms with E-state index in [0.29, 0.717) is 0 Å². The summed E-state index contributed by atoms with van der Waals surface area (Å²) < 4.78 is 16.2. The molecule has 0 aromatic carbocycles. The summed E-state index contributed by atoms with van der Waals surface area (Å²) in [5.41, 5.74) is -0.829. The lowest BCUT2D eigenvalue weighted by atomic mass is 10.3. The molecule has 9 heteroatoms. The van der Waals surface area contributed by atoms with Crippen LogP contribution in [0.5, 0.6) is 0 Å². The first kappa shape index (κ1) is 17.6. The summed E-state index contributed by atoms with van der Waals surface area (Å²) in [6.45, 7) is 2.17. The van der Waals surface area contributed by atoms with Gasteiger partial charge in [-0.2, -0.15) is 0 Å². The van der Waals surface area contributed by atoms with Gasteiger partial charge in [0.1, 0.15) is 6.61 Å². The largest absolute Gasteiger partial charge is 0.462 e. The van der Waals surface area contributed by atoms with Crippen LogP contribution >= 0.6 is 0 Å². The van der Waals surface area contributed by atoms with E-state index in [9.17, 15) is 19.2 Å². The predicted octanol–water partition coefficient (Wildman–Crippen LogP) is -0.915. The van der Waals surface area contributed by atoms with E-state index in [4.69, 9.17) is 14.2 Å². The van der Waals surface area contributed by atoms with Crippen molar-refractivity contribution in [2.75, 3.05) is 13.2 Å². The highest BCUT2D eigenvalue weighted by atomic mass is 16.6. The molecule has 1 aromatic heterocycles. The number of ether oxygens (including phenoxy) is 3. The van der Waals surface area contributed by atoms with Crippen LogP contribution in [-0.2, 0) is 37.5 Å². The molecule has 1 heterocycles. The molecule has 0 saturated carbocycles. The minimum absolute atomic E-state index is 0.0604. The molecule has 0 amide bonds. The van der Waals surface area contributed by atoms with Gasteiger partial charge in [0.05, 0.1) is 18.8 Å². The van der Waals surface area contributed by atoms with Gasteiger partial charge in [0.25, 0.3) is 5.56 Å². The third kappa shape index (κ3) is 5.92. The maximum Gasteiger partial charge on any atom is 0.328 e. The molecule has 1 N–H and O–H groups in total. The molecular weight excluding hydrogens is 296 g/mol. The third-order valence-corrected chi connectivity index (χ3v) is 2.55. The summed E-state index contributed by atoms with van der Waals surface area (Å²) in [5, 5.41) is 0. The van der Waals surface area contributed by atoms with Crippen molar-refractivity contribution in [3.05, 3.63) is 32.6 Å². The molecule has 0 aliphatic heterocycles. The van der Waals surface area contributed by atoms with Crippen LogP contribution in [0.1, 0.15) is 19.4 Å². The fourth-order valence-corrected chi connectivity index (χ4v) is 1.58. The molecule has 122 valence electrons. The molecule has 1 unspecified atom stereocenters. The SMILES string of the molecule is CC(=O)OCC(COCc1cn(C)c(=O)[nH]c1=O)OC(C)=O. The van der Waals surface area contributed by atoms with Gasteiger partial charge >= 0.3 is 17.6 Å². The van der Waals surface area contributed by atoms with Crippen molar-refractivity contribution in [1.29, 1.82) is 0 Å². The maximum absolute atomic E-state index is 11.6. The van der Waals surface area contributed by atoms with E-state index in [1.54, 1.807) is 0 Å². The molecular formula is C13H18N2O7. The van der Waals surface area contributed by atoms with Gasteiger partial charge in [-0.05, 0) is 0 Å². The van der Waals surface area contributed by atoms with Gasteiger partial charge in [-0.3, -0.25) is 19.4 Å². The molecule has 0 aliphatic rings. The molecule has 0 spiro atoms. The Hall–Kier alpha value is -2.42. The molecule has 0 aliphatic carbocycles. The Bertz CT molecular complexity index is 647. The number of hydrogen-bond acceptors (Lipinski definition) is 7. The Morgan fingerprint density at radius 1 is 1.23 bits per heavy atom. The summed E-state index contributed by atoms with van der Waals surface area (Å²) in [5.74, 6) is -1.05. The number of rotatable bonds is 7. The van der Waals surface area contributed by atoms with Crippen molar-refractivity contribution >= 4 is 11.9 Å². The first-order valence-electron chi connectivity index (χ1n) is 6.46. The Morgan fingerprint density at radius 3 is 2.50 bits per heavy atom. The van der Waals surface area contributed by atoms with Gasteiger partial charge in [-0.15, -0.1) is 0 Å². The van der Waals surface area contributed by atoms with Gasteiger partial charge in [0.2, 0.25) is 0 Å². The van der Waals surface area contributed by atoms with Crippen molar-refractivity contribution in [3.8, 4) is 0 Å². The van der Waals surface area contributed by atoms with Crippen molar-refractivity contribution in [3.63, 3.8) is 0 Å². The zero-order valence-corrected chi connectivity index (χ0v) is 12.6. The topological polar surface area (TPSA) is 117 Å². The molecule has 9 nitrogen and oxygen atoms in total. The monoisotopic (exact) mass is 314 g/mol. The first-order valence-corrected chi connectivity index (χ1v) is 6.46. The standard InChI is InChI=1S/C13H18N2O7/c1-8(16)21-7-11(22-9(2)17)6-20-5-10-4-15(3)13(19)14-12(10)18/h4,11H,5-7H2,1-3H3,(H,14,18,19). The van der Waals surface area contributed by atoms with Gasteiger partial charge in [-0.25, -0.2) is 4.79 Å². The van der Waals surface area contributed by atoms with Crippen molar-refractivity contribution in [2.45, 2.75) is 26.6 Å². The average Bonchev–Trinajstić information content (AvgIpc) is 2.40. The van der Waals surface area contributed by atoms with Crippen molar-refractivity contribution in [1.82, 2.24) is 9.55 Å². The van der Waals surface area contributed by atoms with E-state index in [1.165, 1.54) is 31.7 Å². The molecule has 1 atom stereocenters. The molecule has 1 aromatic rings. The highest BCUT2D eigenvalue weighted by molar-refractivity contribution is 5.67. The second kappa shape index (κ2) is 8.13. The van der Waals surface area contributed by atoms with Crippen molar-refractivity contribution < 1.29 is 23.8 Å². The van der Waals surface area contributed by atoms with E-state index in [0.717, 1.165) is 0 Å². The van der Waals surface area contributed by atoms with Crippen LogP contribution in [0.3, 0.4) is 0 Å². The lowest BCUT2D eigenvalue weighted by molar-refractivity contribution is -0.160. The number of aromatic nitrogens is 2. The van der Waals surface area contributed by atoms with Crippen LogP contribution in [-0.4, -0.2) is 40.8 Å². The highest BCUT2D eigenvalue weighted by Gasteiger charge is 2.15. The van der Waals surface area contributed by atoms with Gasteiger partial charge in [0.15, 0.2) is 6.10 Å². The highest BCUT2D eigenvalue weighted by Crippen LogP contribution is 1.99. The number of nitrogens with one attached hydrogen (secondary N) is 1. The van der Waals surface area contributed by atoms with Crippen LogP contribution in [0.15, 0.2) is 15.8 Å². The lowest BCUT2D eigenvalue weighted by Crippen LogP contribution is -2.31. The van der Waals surface area contributed by atoms with E-state index in [2.05, 4.69) is 4.98 Å². The smallest absolute Gasteiger partial charge is 0.328 e. The Labute approximate surface area is 125 Å². The summed E-state index contributed by atoms with van der Waals surface area (Å²) in [7, 11) is 1.49. The summed E-state index contributed by atoms with van der Waals surface area (Å²) in [4.78, 5) is 46.6. The second-order valence-corrected chi connectivity index (χ2v) is 4.57. The quantitative estimate of drug-likeness (QED) is 0.647. The second-order valence-electron chi connectivity index (χ2n) is 4.57. The van der Waals surface area contributed by atoms with E-state index in [1.807, 2.05) is 0 Å². The average molecular weight is 314 g/mol. The number of nitrogens with zero attached hydrogens (tertiary/aromatic N) is 1. The van der Waals surface area contributed by atoms with Crippen LogP contribution < -0.4 is 11.2 Å². The normalized spacial score (nSPS) is 11.8. The minimum atomic E-state index is -0.770. The number of hydrogen-bond donors (Lipinski definition) is 1. The van der Waals surface area contributed by atoms with Crippen LogP contribution in [0, 0.1) is 0 Å². The zero-order chi connectivity index (χ0) is 16.7. The summed E-state index contributed by atoms with van der Waals surface area (Å²) in [6.07, 6.45) is 0.585. The maximum atomic E-state index is 11.6. The van der Waals surface area contributed by atoms with Crippen LogP contribution in [0.25, 0.3) is 0 Å². The number of aryl methyl sites for hydroxylation is 1. The number of esters is 2. The summed E-state index contributed by atoms with van der Waals surface area (Å²) >= 11 is 0. The number of carbonyl (C=O) groups is 2. The predicted molar refractivity (Wildman–Crippen MR) is 74.1 cm³/mol. The Kier molecular flexibility index (Phi) is 6.51. The Balaban J connectivity index is 2.60. The molecule has 0 fully saturated rings. The molecule has 0 saturated heterocycles. The van der Waals surface area contributed by atoms with Crippen molar-refractivity contribution in [2.24, 2.45) is 7.05 Å². The number of carbonyl (C=O) groups excluding carboxylic acids is 2. The van der Waals surface area contributed by atoms with E-state index < -0.39 is 29.3 Å². The minimum Gasteiger partial charge on any atom is -0.462 e. The molecule has 1 rings (SSSR count). The number of aromatic amines is 1. The fraction of sp³-hybridized carbons (Fsp3) is 0.538. The van der Waals surface area contributed by atoms with Crippen LogP contribution in [0.2, 0.25) is 0 Å².